The summed E-state index contributed by atoms with van der Waals surface area (Å²) in [5.74, 6) is -0.181. The van der Waals surface area contributed by atoms with Crippen LogP contribution in [0.15, 0.2) is 18.2 Å². The monoisotopic (exact) mass is 276 g/mol. The smallest absolute Gasteiger partial charge is 0.406 e. The molecule has 0 aliphatic rings. The van der Waals surface area contributed by atoms with Crippen LogP contribution >= 0.6 is 0 Å². The highest BCUT2D eigenvalue weighted by Crippen LogP contribution is 2.28. The molecule has 0 bridgehead atoms. The van der Waals surface area contributed by atoms with Gasteiger partial charge in [0, 0.05) is 31.9 Å². The van der Waals surface area contributed by atoms with Crippen molar-refractivity contribution < 1.29 is 17.9 Å². The van der Waals surface area contributed by atoms with Crippen molar-refractivity contribution in [3.63, 3.8) is 0 Å². The van der Waals surface area contributed by atoms with Gasteiger partial charge in [-0.1, -0.05) is 0 Å². The number of halogens is 3. The number of anilines is 1. The van der Waals surface area contributed by atoms with Gasteiger partial charge in [0.2, 0.25) is 0 Å². The van der Waals surface area contributed by atoms with E-state index in [1.165, 1.54) is 12.1 Å². The molecule has 0 atom stereocenters. The molecule has 0 saturated heterocycles. The fourth-order valence-electron chi connectivity index (χ4n) is 1.62. The fraction of sp³-hybridized carbons (Fsp3) is 0.538. The van der Waals surface area contributed by atoms with E-state index in [9.17, 15) is 13.2 Å². The first-order valence-electron chi connectivity index (χ1n) is 5.90. The van der Waals surface area contributed by atoms with E-state index in [2.05, 4.69) is 4.74 Å². The summed E-state index contributed by atoms with van der Waals surface area (Å²) in [4.78, 5) is 3.91. The van der Waals surface area contributed by atoms with Crippen LogP contribution in [-0.2, 0) is 0 Å². The number of hydrogen-bond donors (Lipinski definition) is 0. The fourth-order valence-corrected chi connectivity index (χ4v) is 1.62. The molecular weight excluding hydrogens is 257 g/mol. The van der Waals surface area contributed by atoms with Crippen LogP contribution in [0.25, 0.3) is 0 Å². The molecule has 3 nitrogen and oxygen atoms in total. The molecule has 0 fully saturated rings. The van der Waals surface area contributed by atoms with Gasteiger partial charge in [-0.2, -0.15) is 0 Å². The first-order valence-corrected chi connectivity index (χ1v) is 5.90. The van der Waals surface area contributed by atoms with Gasteiger partial charge in [0.15, 0.2) is 0 Å². The first-order chi connectivity index (χ1) is 8.67. The molecule has 0 unspecified atom stereocenters. The van der Waals surface area contributed by atoms with Gasteiger partial charge in [0.05, 0.1) is 0 Å². The molecule has 0 radical (unpaired) electrons. The first kappa shape index (κ1) is 15.6. The maximum Gasteiger partial charge on any atom is 0.573 e. The van der Waals surface area contributed by atoms with Crippen molar-refractivity contribution in [2.24, 2.45) is 0 Å². The molecule has 108 valence electrons. The predicted molar refractivity (Wildman–Crippen MR) is 69.7 cm³/mol. The lowest BCUT2D eigenvalue weighted by molar-refractivity contribution is -0.274. The van der Waals surface area contributed by atoms with E-state index in [4.69, 9.17) is 0 Å². The second-order valence-electron chi connectivity index (χ2n) is 4.78. The van der Waals surface area contributed by atoms with Gasteiger partial charge in [-0.25, -0.2) is 0 Å². The van der Waals surface area contributed by atoms with Crippen molar-refractivity contribution in [2.75, 3.05) is 39.1 Å². The topological polar surface area (TPSA) is 15.7 Å². The highest BCUT2D eigenvalue weighted by molar-refractivity contribution is 5.52. The molecule has 1 aromatic carbocycles. The summed E-state index contributed by atoms with van der Waals surface area (Å²) in [7, 11) is 5.74. The molecule has 0 saturated carbocycles. The lowest BCUT2D eigenvalue weighted by Crippen LogP contribution is -2.28. The summed E-state index contributed by atoms with van der Waals surface area (Å²) in [6, 6.07) is 4.60. The zero-order valence-corrected chi connectivity index (χ0v) is 11.6. The Labute approximate surface area is 111 Å². The Morgan fingerprint density at radius 2 is 1.68 bits per heavy atom. The third-order valence-corrected chi connectivity index (χ3v) is 2.59. The Morgan fingerprint density at radius 3 is 2.21 bits per heavy atom. The average molecular weight is 276 g/mol. The Balaban J connectivity index is 2.84. The van der Waals surface area contributed by atoms with Crippen LogP contribution in [0.2, 0.25) is 0 Å². The normalized spacial score (nSPS) is 11.8. The molecular formula is C13H19F3N2O. The van der Waals surface area contributed by atoms with Crippen molar-refractivity contribution in [2.45, 2.75) is 13.3 Å². The van der Waals surface area contributed by atoms with Crippen LogP contribution in [0.3, 0.4) is 0 Å². The Bertz CT molecular complexity index is 419. The standard InChI is InChI=1S/C13H19F3N2O/c1-10-7-11(18(4)6-5-17(2)3)9-12(8-10)19-13(14,15)16/h7-9H,5-6H2,1-4H3. The van der Waals surface area contributed by atoms with E-state index in [1.807, 2.05) is 37.0 Å². The number of likely N-dealkylation sites (N-methyl/N-ethyl adjacent to an activating group) is 2. The molecule has 0 spiro atoms. The van der Waals surface area contributed by atoms with E-state index in [1.54, 1.807) is 6.92 Å². The van der Waals surface area contributed by atoms with Crippen LogP contribution in [0, 0.1) is 6.92 Å². The number of ether oxygens (including phenoxy) is 1. The van der Waals surface area contributed by atoms with E-state index in [0.717, 1.165) is 18.7 Å². The van der Waals surface area contributed by atoms with Crippen LogP contribution in [0.5, 0.6) is 5.75 Å². The minimum absolute atomic E-state index is 0.181. The average Bonchev–Trinajstić information content (AvgIpc) is 2.22. The summed E-state index contributed by atoms with van der Waals surface area (Å²) in [5, 5.41) is 0. The molecule has 0 aromatic heterocycles. The molecule has 6 heteroatoms. The molecule has 0 amide bonds. The maximum atomic E-state index is 12.2. The zero-order chi connectivity index (χ0) is 14.6. The molecule has 1 rings (SSSR count). The Kier molecular flexibility index (Phi) is 5.05. The third-order valence-electron chi connectivity index (χ3n) is 2.59. The summed E-state index contributed by atoms with van der Waals surface area (Å²) in [6.45, 7) is 3.29. The van der Waals surface area contributed by atoms with E-state index in [0.29, 0.717) is 5.69 Å². The molecule has 0 heterocycles. The molecule has 0 N–H and O–H groups in total. The Morgan fingerprint density at radius 1 is 1.05 bits per heavy atom. The number of hydrogen-bond acceptors (Lipinski definition) is 3. The maximum absolute atomic E-state index is 12.2. The van der Waals surface area contributed by atoms with E-state index < -0.39 is 6.36 Å². The predicted octanol–water partition coefficient (Wildman–Crippen LogP) is 2.89. The van der Waals surface area contributed by atoms with Crippen molar-refractivity contribution in [3.8, 4) is 5.75 Å². The molecule has 0 aliphatic carbocycles. The van der Waals surface area contributed by atoms with E-state index >= 15 is 0 Å². The number of nitrogens with zero attached hydrogens (tertiary/aromatic N) is 2. The second-order valence-corrected chi connectivity index (χ2v) is 4.78. The Hall–Kier alpha value is -1.43. The van der Waals surface area contributed by atoms with Gasteiger partial charge in [-0.15, -0.1) is 13.2 Å². The number of rotatable bonds is 5. The van der Waals surface area contributed by atoms with Crippen molar-refractivity contribution in [3.05, 3.63) is 23.8 Å². The highest BCUT2D eigenvalue weighted by Gasteiger charge is 2.31. The van der Waals surface area contributed by atoms with Crippen LogP contribution in [0.4, 0.5) is 18.9 Å². The number of alkyl halides is 3. The van der Waals surface area contributed by atoms with Crippen LogP contribution in [0.1, 0.15) is 5.56 Å². The van der Waals surface area contributed by atoms with Gasteiger partial charge in [-0.05, 0) is 38.7 Å². The number of aryl methyl sites for hydroxylation is 1. The summed E-state index contributed by atoms with van der Waals surface area (Å²) in [6.07, 6.45) is -4.66. The van der Waals surface area contributed by atoms with Crippen LogP contribution < -0.4 is 9.64 Å². The SMILES string of the molecule is Cc1cc(OC(F)(F)F)cc(N(C)CCN(C)C)c1. The summed E-state index contributed by atoms with van der Waals surface area (Å²) < 4.78 is 40.6. The minimum Gasteiger partial charge on any atom is -0.406 e. The van der Waals surface area contributed by atoms with Gasteiger partial charge in [-0.3, -0.25) is 0 Å². The van der Waals surface area contributed by atoms with E-state index in [-0.39, 0.29) is 5.75 Å². The molecule has 0 aliphatic heterocycles. The summed E-state index contributed by atoms with van der Waals surface area (Å²) >= 11 is 0. The van der Waals surface area contributed by atoms with Gasteiger partial charge in [0.25, 0.3) is 0 Å². The lowest BCUT2D eigenvalue weighted by atomic mass is 10.2. The van der Waals surface area contributed by atoms with Gasteiger partial charge < -0.3 is 14.5 Å². The lowest BCUT2D eigenvalue weighted by Gasteiger charge is -2.22. The largest absolute Gasteiger partial charge is 0.573 e. The zero-order valence-electron chi connectivity index (χ0n) is 11.6. The minimum atomic E-state index is -4.66. The van der Waals surface area contributed by atoms with Crippen molar-refractivity contribution in [1.82, 2.24) is 4.90 Å². The van der Waals surface area contributed by atoms with Crippen molar-refractivity contribution in [1.29, 1.82) is 0 Å². The number of benzene rings is 1. The molecule has 1 aromatic rings. The molecule has 19 heavy (non-hydrogen) atoms. The van der Waals surface area contributed by atoms with Gasteiger partial charge in [0.1, 0.15) is 5.75 Å². The quantitative estimate of drug-likeness (QED) is 0.822. The third kappa shape index (κ3) is 5.83. The van der Waals surface area contributed by atoms with Crippen molar-refractivity contribution >= 4 is 5.69 Å². The summed E-state index contributed by atoms with van der Waals surface area (Å²) in [5.41, 5.74) is 1.44. The highest BCUT2D eigenvalue weighted by atomic mass is 19.4. The second kappa shape index (κ2) is 6.14. The van der Waals surface area contributed by atoms with Crippen LogP contribution in [-0.4, -0.2) is 45.5 Å². The van der Waals surface area contributed by atoms with Gasteiger partial charge >= 0.3 is 6.36 Å².